The highest BCUT2D eigenvalue weighted by Gasteiger charge is 2.31. The van der Waals surface area contributed by atoms with Crippen molar-refractivity contribution in [2.24, 2.45) is 11.7 Å². The maximum atomic E-state index is 10.4. The Balaban J connectivity index is 1.93. The second-order valence-electron chi connectivity index (χ2n) is 6.19. The van der Waals surface area contributed by atoms with Gasteiger partial charge in [-0.15, -0.1) is 0 Å². The third-order valence-corrected chi connectivity index (χ3v) is 4.34. The predicted molar refractivity (Wildman–Crippen MR) is 82.4 cm³/mol. The summed E-state index contributed by atoms with van der Waals surface area (Å²) in [7, 11) is 4.26. The second kappa shape index (κ2) is 6.68. The zero-order valence-corrected chi connectivity index (χ0v) is 12.8. The first-order valence-corrected chi connectivity index (χ1v) is 7.37. The third-order valence-electron chi connectivity index (χ3n) is 4.34. The van der Waals surface area contributed by atoms with Gasteiger partial charge >= 0.3 is 0 Å². The van der Waals surface area contributed by atoms with E-state index in [4.69, 9.17) is 5.73 Å². The van der Waals surface area contributed by atoms with E-state index in [1.54, 1.807) is 0 Å². The van der Waals surface area contributed by atoms with Gasteiger partial charge in [-0.1, -0.05) is 31.2 Å². The Morgan fingerprint density at radius 1 is 1.30 bits per heavy atom. The largest absolute Gasteiger partial charge is 0.387 e. The Morgan fingerprint density at radius 2 is 1.95 bits per heavy atom. The number of aliphatic hydroxyl groups excluding tert-OH is 1. The van der Waals surface area contributed by atoms with Crippen LogP contribution in [0.4, 0.5) is 0 Å². The Kier molecular flexibility index (Phi) is 5.16. The highest BCUT2D eigenvalue weighted by Crippen LogP contribution is 2.23. The minimum atomic E-state index is -0.421. The van der Waals surface area contributed by atoms with Crippen LogP contribution in [0.5, 0.6) is 0 Å². The van der Waals surface area contributed by atoms with Gasteiger partial charge in [0.2, 0.25) is 0 Å². The SMILES string of the molecule is CC1CN(CC(O)c2ccc(CN)cc2)CC1N(C)C. The number of likely N-dealkylation sites (tertiary alicyclic amines) is 1. The van der Waals surface area contributed by atoms with Gasteiger partial charge in [0.1, 0.15) is 0 Å². The van der Waals surface area contributed by atoms with Crippen LogP contribution in [0, 0.1) is 5.92 Å². The molecule has 3 unspecified atom stereocenters. The molecule has 20 heavy (non-hydrogen) atoms. The minimum Gasteiger partial charge on any atom is -0.387 e. The monoisotopic (exact) mass is 277 g/mol. The van der Waals surface area contributed by atoms with Crippen molar-refractivity contribution in [2.75, 3.05) is 33.7 Å². The second-order valence-corrected chi connectivity index (χ2v) is 6.19. The quantitative estimate of drug-likeness (QED) is 0.845. The van der Waals surface area contributed by atoms with E-state index in [1.165, 1.54) is 0 Å². The lowest BCUT2D eigenvalue weighted by Gasteiger charge is -2.23. The summed E-state index contributed by atoms with van der Waals surface area (Å²) in [6, 6.07) is 8.54. The average molecular weight is 277 g/mol. The maximum absolute atomic E-state index is 10.4. The molecule has 1 saturated heterocycles. The zero-order valence-electron chi connectivity index (χ0n) is 12.8. The molecule has 1 aromatic carbocycles. The van der Waals surface area contributed by atoms with E-state index < -0.39 is 6.10 Å². The topological polar surface area (TPSA) is 52.7 Å². The lowest BCUT2D eigenvalue weighted by atomic mass is 10.1. The molecular formula is C16H27N3O. The van der Waals surface area contributed by atoms with Crippen molar-refractivity contribution < 1.29 is 5.11 Å². The molecule has 4 heteroatoms. The van der Waals surface area contributed by atoms with Crippen LogP contribution in [-0.4, -0.2) is 54.7 Å². The summed E-state index contributed by atoms with van der Waals surface area (Å²) in [5.74, 6) is 0.650. The highest BCUT2D eigenvalue weighted by atomic mass is 16.3. The first kappa shape index (κ1) is 15.4. The summed E-state index contributed by atoms with van der Waals surface area (Å²) in [5, 5.41) is 10.4. The Labute approximate surface area is 122 Å². The fourth-order valence-electron chi connectivity index (χ4n) is 3.10. The number of hydrogen-bond acceptors (Lipinski definition) is 4. The number of hydrogen-bond donors (Lipinski definition) is 2. The van der Waals surface area contributed by atoms with Crippen molar-refractivity contribution in [3.63, 3.8) is 0 Å². The van der Waals surface area contributed by atoms with E-state index >= 15 is 0 Å². The number of nitrogens with zero attached hydrogens (tertiary/aromatic N) is 2. The molecule has 0 radical (unpaired) electrons. The number of benzene rings is 1. The molecule has 0 saturated carbocycles. The van der Waals surface area contributed by atoms with Gasteiger partial charge in [0.25, 0.3) is 0 Å². The highest BCUT2D eigenvalue weighted by molar-refractivity contribution is 5.24. The minimum absolute atomic E-state index is 0.421. The van der Waals surface area contributed by atoms with Crippen LogP contribution in [0.2, 0.25) is 0 Å². The molecule has 0 bridgehead atoms. The van der Waals surface area contributed by atoms with Crippen molar-refractivity contribution in [2.45, 2.75) is 25.6 Å². The normalized spacial score (nSPS) is 25.3. The number of β-amino-alcohol motifs (C(OH)–C–C–N with tert-alkyl or cyclic N) is 1. The molecule has 0 amide bonds. The summed E-state index contributed by atoms with van der Waals surface area (Å²) >= 11 is 0. The van der Waals surface area contributed by atoms with Gasteiger partial charge in [0.15, 0.2) is 0 Å². The smallest absolute Gasteiger partial charge is 0.0916 e. The molecular weight excluding hydrogens is 250 g/mol. The van der Waals surface area contributed by atoms with E-state index in [-0.39, 0.29) is 0 Å². The molecule has 2 rings (SSSR count). The Bertz CT molecular complexity index is 418. The Hall–Kier alpha value is -0.940. The molecule has 112 valence electrons. The van der Waals surface area contributed by atoms with Gasteiger partial charge in [-0.2, -0.15) is 0 Å². The summed E-state index contributed by atoms with van der Waals surface area (Å²) in [6.07, 6.45) is -0.421. The summed E-state index contributed by atoms with van der Waals surface area (Å²) in [4.78, 5) is 4.64. The van der Waals surface area contributed by atoms with Gasteiger partial charge in [0, 0.05) is 32.2 Å². The molecule has 1 aliphatic rings. The van der Waals surface area contributed by atoms with E-state index in [9.17, 15) is 5.11 Å². The van der Waals surface area contributed by atoms with E-state index in [0.29, 0.717) is 25.0 Å². The van der Waals surface area contributed by atoms with Crippen LogP contribution in [0.15, 0.2) is 24.3 Å². The van der Waals surface area contributed by atoms with Gasteiger partial charge in [-0.3, -0.25) is 4.90 Å². The van der Waals surface area contributed by atoms with Crippen molar-refractivity contribution >= 4 is 0 Å². The summed E-state index contributed by atoms with van der Waals surface area (Å²) in [6.45, 7) is 5.63. The number of rotatable bonds is 5. The summed E-state index contributed by atoms with van der Waals surface area (Å²) in [5.41, 5.74) is 7.67. The van der Waals surface area contributed by atoms with Crippen molar-refractivity contribution in [3.05, 3.63) is 35.4 Å². The Morgan fingerprint density at radius 3 is 2.45 bits per heavy atom. The zero-order chi connectivity index (χ0) is 14.7. The molecule has 1 aromatic rings. The number of likely N-dealkylation sites (N-methyl/N-ethyl adjacent to an activating group) is 1. The van der Waals surface area contributed by atoms with Crippen LogP contribution in [0.1, 0.15) is 24.2 Å². The van der Waals surface area contributed by atoms with Crippen molar-refractivity contribution in [1.82, 2.24) is 9.80 Å². The standard InChI is InChI=1S/C16H27N3O/c1-12-9-19(10-15(12)18(2)3)11-16(20)14-6-4-13(8-17)5-7-14/h4-7,12,15-16,20H,8-11,17H2,1-3H3. The van der Waals surface area contributed by atoms with E-state index in [2.05, 4.69) is 30.8 Å². The summed E-state index contributed by atoms with van der Waals surface area (Å²) < 4.78 is 0. The van der Waals surface area contributed by atoms with Crippen LogP contribution in [0.3, 0.4) is 0 Å². The lowest BCUT2D eigenvalue weighted by Crippen LogP contribution is -2.35. The first-order chi connectivity index (χ1) is 9.51. The third kappa shape index (κ3) is 3.58. The first-order valence-electron chi connectivity index (χ1n) is 7.37. The molecule has 1 fully saturated rings. The van der Waals surface area contributed by atoms with Gasteiger partial charge < -0.3 is 15.7 Å². The van der Waals surface area contributed by atoms with Crippen molar-refractivity contribution in [1.29, 1.82) is 0 Å². The van der Waals surface area contributed by atoms with Gasteiger partial charge in [-0.05, 0) is 31.1 Å². The number of nitrogens with two attached hydrogens (primary N) is 1. The van der Waals surface area contributed by atoms with Crippen LogP contribution >= 0.6 is 0 Å². The predicted octanol–water partition coefficient (Wildman–Crippen LogP) is 1.06. The molecule has 3 atom stereocenters. The van der Waals surface area contributed by atoms with Gasteiger partial charge in [-0.25, -0.2) is 0 Å². The lowest BCUT2D eigenvalue weighted by molar-refractivity contribution is 0.122. The van der Waals surface area contributed by atoms with E-state index in [1.807, 2.05) is 24.3 Å². The van der Waals surface area contributed by atoms with Crippen molar-refractivity contribution in [3.8, 4) is 0 Å². The molecule has 0 aromatic heterocycles. The molecule has 0 spiro atoms. The maximum Gasteiger partial charge on any atom is 0.0916 e. The average Bonchev–Trinajstić information content (AvgIpc) is 2.79. The number of aliphatic hydroxyl groups is 1. The van der Waals surface area contributed by atoms with Crippen LogP contribution < -0.4 is 5.73 Å². The molecule has 1 aliphatic heterocycles. The fraction of sp³-hybridized carbons (Fsp3) is 0.625. The van der Waals surface area contributed by atoms with Crippen LogP contribution in [-0.2, 0) is 6.54 Å². The van der Waals surface area contributed by atoms with E-state index in [0.717, 1.165) is 24.2 Å². The molecule has 3 N–H and O–H groups in total. The van der Waals surface area contributed by atoms with Gasteiger partial charge in [0.05, 0.1) is 6.10 Å². The fourth-order valence-corrected chi connectivity index (χ4v) is 3.10. The molecule has 0 aliphatic carbocycles. The van der Waals surface area contributed by atoms with Crippen LogP contribution in [0.25, 0.3) is 0 Å². The molecule has 4 nitrogen and oxygen atoms in total. The molecule has 1 heterocycles.